The maximum atomic E-state index is 12.9. The molecular formula is C26H30N4O3. The van der Waals surface area contributed by atoms with Gasteiger partial charge in [0.05, 0.1) is 20.3 Å². The van der Waals surface area contributed by atoms with E-state index in [1.165, 1.54) is 5.69 Å². The number of nitrogens with one attached hydrogen (secondary N) is 1. The number of anilines is 1. The van der Waals surface area contributed by atoms with Crippen LogP contribution in [0.2, 0.25) is 0 Å². The number of ether oxygens (including phenoxy) is 2. The Labute approximate surface area is 195 Å². The second-order valence-corrected chi connectivity index (χ2v) is 7.94. The van der Waals surface area contributed by atoms with Gasteiger partial charge in [-0.05, 0) is 42.0 Å². The van der Waals surface area contributed by atoms with Crippen molar-refractivity contribution in [1.82, 2.24) is 15.2 Å². The molecule has 1 aromatic heterocycles. The summed E-state index contributed by atoms with van der Waals surface area (Å²) in [6, 6.07) is 19.7. The summed E-state index contributed by atoms with van der Waals surface area (Å²) < 4.78 is 10.6. The highest BCUT2D eigenvalue weighted by molar-refractivity contribution is 5.94. The molecule has 3 aromatic rings. The molecule has 1 atom stereocenters. The molecule has 0 saturated carbocycles. The summed E-state index contributed by atoms with van der Waals surface area (Å²) >= 11 is 0. The first kappa shape index (κ1) is 22.6. The van der Waals surface area contributed by atoms with Gasteiger partial charge in [0.15, 0.2) is 11.5 Å². The van der Waals surface area contributed by atoms with E-state index in [1.54, 1.807) is 38.6 Å². The number of carbonyl (C=O) groups is 1. The van der Waals surface area contributed by atoms with Gasteiger partial charge in [-0.1, -0.05) is 24.3 Å². The number of pyridine rings is 1. The molecule has 0 unspecified atom stereocenters. The zero-order valence-electron chi connectivity index (χ0n) is 19.1. The molecule has 2 heterocycles. The van der Waals surface area contributed by atoms with E-state index in [-0.39, 0.29) is 11.9 Å². The normalized spacial score (nSPS) is 15.0. The minimum atomic E-state index is -0.146. The number of aromatic nitrogens is 1. The van der Waals surface area contributed by atoms with E-state index < -0.39 is 0 Å². The van der Waals surface area contributed by atoms with Crippen molar-refractivity contribution in [2.24, 2.45) is 0 Å². The lowest BCUT2D eigenvalue weighted by atomic mass is 10.1. The van der Waals surface area contributed by atoms with Crippen LogP contribution in [0, 0.1) is 0 Å². The predicted octanol–water partition coefficient (Wildman–Crippen LogP) is 3.39. The molecule has 0 radical (unpaired) electrons. The van der Waals surface area contributed by atoms with Crippen LogP contribution in [0.25, 0.3) is 0 Å². The highest BCUT2D eigenvalue weighted by atomic mass is 16.5. The average Bonchev–Trinajstić information content (AvgIpc) is 2.89. The van der Waals surface area contributed by atoms with Gasteiger partial charge in [0.25, 0.3) is 5.91 Å². The SMILES string of the molecule is COc1ccc(C(=O)NC[C@@H](c2cccnc2)N2CCN(c3ccccc3)CC2)cc1OC. The van der Waals surface area contributed by atoms with Crippen molar-refractivity contribution in [1.29, 1.82) is 0 Å². The van der Waals surface area contributed by atoms with Crippen molar-refractivity contribution in [3.8, 4) is 11.5 Å². The Kier molecular flexibility index (Phi) is 7.42. The Hall–Kier alpha value is -3.58. The lowest BCUT2D eigenvalue weighted by Crippen LogP contribution is -2.50. The Morgan fingerprint density at radius 1 is 0.970 bits per heavy atom. The monoisotopic (exact) mass is 446 g/mol. The van der Waals surface area contributed by atoms with Gasteiger partial charge in [0, 0.05) is 56.4 Å². The van der Waals surface area contributed by atoms with Gasteiger partial charge in [-0.25, -0.2) is 0 Å². The second-order valence-electron chi connectivity index (χ2n) is 7.94. The molecule has 1 N–H and O–H groups in total. The molecule has 4 rings (SSSR count). The summed E-state index contributed by atoms with van der Waals surface area (Å²) in [5.74, 6) is 0.984. The summed E-state index contributed by atoms with van der Waals surface area (Å²) in [4.78, 5) is 22.1. The van der Waals surface area contributed by atoms with Crippen LogP contribution >= 0.6 is 0 Å². The number of hydrogen-bond acceptors (Lipinski definition) is 6. The molecule has 1 fully saturated rings. The van der Waals surface area contributed by atoms with Crippen LogP contribution in [-0.2, 0) is 0 Å². The Balaban J connectivity index is 1.44. The molecule has 7 nitrogen and oxygen atoms in total. The molecule has 1 saturated heterocycles. The molecular weight excluding hydrogens is 416 g/mol. The van der Waals surface area contributed by atoms with Crippen LogP contribution in [-0.4, -0.2) is 62.7 Å². The van der Waals surface area contributed by atoms with Gasteiger partial charge >= 0.3 is 0 Å². The number of rotatable bonds is 8. The summed E-state index contributed by atoms with van der Waals surface area (Å²) in [6.07, 6.45) is 3.66. The molecule has 1 amide bonds. The summed E-state index contributed by atoms with van der Waals surface area (Å²) in [5.41, 5.74) is 2.88. The lowest BCUT2D eigenvalue weighted by Gasteiger charge is -2.40. The first-order valence-corrected chi connectivity index (χ1v) is 11.1. The summed E-state index contributed by atoms with van der Waals surface area (Å²) in [6.45, 7) is 4.17. The van der Waals surface area contributed by atoms with Gasteiger partial charge in [-0.3, -0.25) is 14.7 Å². The van der Waals surface area contributed by atoms with Crippen LogP contribution in [0.15, 0.2) is 73.1 Å². The van der Waals surface area contributed by atoms with Crippen LogP contribution in [0.1, 0.15) is 22.0 Å². The van der Waals surface area contributed by atoms with Crippen molar-refractivity contribution in [2.45, 2.75) is 6.04 Å². The minimum absolute atomic E-state index is 0.0423. The highest BCUT2D eigenvalue weighted by Gasteiger charge is 2.26. The van der Waals surface area contributed by atoms with Crippen molar-refractivity contribution < 1.29 is 14.3 Å². The number of nitrogens with zero attached hydrogens (tertiary/aromatic N) is 3. The quantitative estimate of drug-likeness (QED) is 0.572. The van der Waals surface area contributed by atoms with Crippen LogP contribution in [0.4, 0.5) is 5.69 Å². The number of carbonyl (C=O) groups excluding carboxylic acids is 1. The zero-order chi connectivity index (χ0) is 23.0. The number of methoxy groups -OCH3 is 2. The third-order valence-electron chi connectivity index (χ3n) is 6.05. The standard InChI is InChI=1S/C26H30N4O3/c1-32-24-11-10-20(17-25(24)33-2)26(31)28-19-23(21-7-6-12-27-18-21)30-15-13-29(14-16-30)22-8-4-3-5-9-22/h3-12,17-18,23H,13-16,19H2,1-2H3,(H,28,31)/t23-/m0/s1. The van der Waals surface area contributed by atoms with E-state index in [9.17, 15) is 4.79 Å². The number of para-hydroxylation sites is 1. The number of amides is 1. The fraction of sp³-hybridized carbons (Fsp3) is 0.308. The van der Waals surface area contributed by atoms with Crippen molar-refractivity contribution in [3.05, 3.63) is 84.2 Å². The molecule has 0 bridgehead atoms. The van der Waals surface area contributed by atoms with Crippen molar-refractivity contribution >= 4 is 11.6 Å². The van der Waals surface area contributed by atoms with E-state index in [1.807, 2.05) is 18.3 Å². The topological polar surface area (TPSA) is 66.9 Å². The summed E-state index contributed by atoms with van der Waals surface area (Å²) in [5, 5.41) is 3.11. The average molecular weight is 447 g/mol. The van der Waals surface area contributed by atoms with Gasteiger partial charge < -0.3 is 19.7 Å². The lowest BCUT2D eigenvalue weighted by molar-refractivity contribution is 0.0929. The van der Waals surface area contributed by atoms with Gasteiger partial charge in [0.2, 0.25) is 0 Å². The Bertz CT molecular complexity index is 1040. The smallest absolute Gasteiger partial charge is 0.251 e. The fourth-order valence-electron chi connectivity index (χ4n) is 4.23. The van der Waals surface area contributed by atoms with E-state index in [2.05, 4.69) is 50.4 Å². The van der Waals surface area contributed by atoms with Crippen LogP contribution in [0.3, 0.4) is 0 Å². The second kappa shape index (κ2) is 10.8. The predicted molar refractivity (Wildman–Crippen MR) is 129 cm³/mol. The zero-order valence-corrected chi connectivity index (χ0v) is 19.1. The minimum Gasteiger partial charge on any atom is -0.493 e. The molecule has 33 heavy (non-hydrogen) atoms. The molecule has 1 aliphatic rings. The maximum absolute atomic E-state index is 12.9. The molecule has 7 heteroatoms. The number of piperazine rings is 1. The van der Waals surface area contributed by atoms with E-state index in [4.69, 9.17) is 9.47 Å². The molecule has 2 aromatic carbocycles. The van der Waals surface area contributed by atoms with E-state index in [0.717, 1.165) is 31.7 Å². The first-order valence-electron chi connectivity index (χ1n) is 11.1. The molecule has 1 aliphatic heterocycles. The van der Waals surface area contributed by atoms with Crippen LogP contribution < -0.4 is 19.7 Å². The van der Waals surface area contributed by atoms with Gasteiger partial charge in [0.1, 0.15) is 0 Å². The van der Waals surface area contributed by atoms with Gasteiger partial charge in [-0.2, -0.15) is 0 Å². The first-order chi connectivity index (χ1) is 16.2. The Morgan fingerprint density at radius 2 is 1.73 bits per heavy atom. The largest absolute Gasteiger partial charge is 0.493 e. The van der Waals surface area contributed by atoms with E-state index in [0.29, 0.717) is 23.6 Å². The van der Waals surface area contributed by atoms with E-state index >= 15 is 0 Å². The van der Waals surface area contributed by atoms with Crippen molar-refractivity contribution in [3.63, 3.8) is 0 Å². The number of benzene rings is 2. The third kappa shape index (κ3) is 5.43. The van der Waals surface area contributed by atoms with Crippen molar-refractivity contribution in [2.75, 3.05) is 51.8 Å². The highest BCUT2D eigenvalue weighted by Crippen LogP contribution is 2.28. The Morgan fingerprint density at radius 3 is 2.39 bits per heavy atom. The fourth-order valence-corrected chi connectivity index (χ4v) is 4.23. The molecule has 0 aliphatic carbocycles. The maximum Gasteiger partial charge on any atom is 0.251 e. The van der Waals surface area contributed by atoms with Crippen LogP contribution in [0.5, 0.6) is 11.5 Å². The molecule has 0 spiro atoms. The summed E-state index contributed by atoms with van der Waals surface area (Å²) in [7, 11) is 3.14. The van der Waals surface area contributed by atoms with Gasteiger partial charge in [-0.15, -0.1) is 0 Å². The number of hydrogen-bond donors (Lipinski definition) is 1. The molecule has 172 valence electrons. The third-order valence-corrected chi connectivity index (χ3v) is 6.05.